The molecule has 0 unspecified atom stereocenters. The summed E-state index contributed by atoms with van der Waals surface area (Å²) in [6, 6.07) is 3.40. The highest BCUT2D eigenvalue weighted by atomic mass is 16.5. The van der Waals surface area contributed by atoms with Gasteiger partial charge in [0.25, 0.3) is 0 Å². The Hall–Kier alpha value is -2.03. The summed E-state index contributed by atoms with van der Waals surface area (Å²) in [4.78, 5) is 4.06. The van der Waals surface area contributed by atoms with Gasteiger partial charge in [-0.25, -0.2) is 4.98 Å². The molecule has 0 aromatic carbocycles. The highest BCUT2D eigenvalue weighted by molar-refractivity contribution is 5.40. The van der Waals surface area contributed by atoms with Crippen LogP contribution in [0.25, 0.3) is 0 Å². The van der Waals surface area contributed by atoms with Crippen molar-refractivity contribution >= 4 is 5.69 Å². The first kappa shape index (κ1) is 16.0. The molecule has 98 valence electrons. The molecule has 2 N–H and O–H groups in total. The number of nitrogen functional groups attached to an aromatic ring is 1. The van der Waals surface area contributed by atoms with Crippen LogP contribution in [0.5, 0.6) is 5.88 Å². The second kappa shape index (κ2) is 9.05. The molecule has 0 amide bonds. The fourth-order valence-electron chi connectivity index (χ4n) is 1.06. The van der Waals surface area contributed by atoms with Crippen molar-refractivity contribution in [2.45, 2.75) is 27.7 Å². The first-order valence-corrected chi connectivity index (χ1v) is 6.02. The molecule has 18 heavy (non-hydrogen) atoms. The standard InChI is InChI=1S/C13H16N2O.C2H6/c1-4-10(3)8-12(5-2)16-13-9-11(14)6-7-15-13;1-2/h4-9H,1H2,2-3H3,(H2,14,15);1-2H3/b10-8-,12-5+;. The van der Waals surface area contributed by atoms with E-state index in [0.717, 1.165) is 11.3 Å². The zero-order valence-electron chi connectivity index (χ0n) is 11.6. The van der Waals surface area contributed by atoms with Crippen LogP contribution in [0.4, 0.5) is 5.69 Å². The van der Waals surface area contributed by atoms with Gasteiger partial charge in [-0.15, -0.1) is 0 Å². The maximum Gasteiger partial charge on any atom is 0.221 e. The predicted molar refractivity (Wildman–Crippen MR) is 78.3 cm³/mol. The molecule has 1 heterocycles. The number of pyridine rings is 1. The highest BCUT2D eigenvalue weighted by Gasteiger charge is 1.99. The molecule has 1 aromatic heterocycles. The summed E-state index contributed by atoms with van der Waals surface area (Å²) in [5.74, 6) is 1.21. The van der Waals surface area contributed by atoms with Crippen molar-refractivity contribution in [2.24, 2.45) is 0 Å². The van der Waals surface area contributed by atoms with Gasteiger partial charge >= 0.3 is 0 Å². The van der Waals surface area contributed by atoms with Gasteiger partial charge in [-0.05, 0) is 37.6 Å². The third kappa shape index (κ3) is 5.89. The number of aromatic nitrogens is 1. The van der Waals surface area contributed by atoms with E-state index >= 15 is 0 Å². The number of anilines is 1. The van der Waals surface area contributed by atoms with Gasteiger partial charge in [0.05, 0.1) is 0 Å². The molecule has 0 atom stereocenters. The van der Waals surface area contributed by atoms with E-state index in [4.69, 9.17) is 10.5 Å². The molecule has 0 bridgehead atoms. The Kier molecular flexibility index (Phi) is 8.03. The zero-order valence-corrected chi connectivity index (χ0v) is 11.6. The van der Waals surface area contributed by atoms with Crippen LogP contribution in [0.15, 0.2) is 54.5 Å². The van der Waals surface area contributed by atoms with Crippen molar-refractivity contribution in [2.75, 3.05) is 5.73 Å². The Balaban J connectivity index is 0.00000137. The van der Waals surface area contributed by atoms with Crippen molar-refractivity contribution in [3.63, 3.8) is 0 Å². The second-order valence-corrected chi connectivity index (χ2v) is 3.31. The van der Waals surface area contributed by atoms with Crippen molar-refractivity contribution in [1.29, 1.82) is 0 Å². The maximum absolute atomic E-state index is 5.63. The molecule has 0 radical (unpaired) electrons. The number of ether oxygens (including phenoxy) is 1. The second-order valence-electron chi connectivity index (χ2n) is 3.31. The summed E-state index contributed by atoms with van der Waals surface area (Å²) in [7, 11) is 0. The summed E-state index contributed by atoms with van der Waals surface area (Å²) in [6.45, 7) is 11.5. The molecule has 0 aliphatic carbocycles. The summed E-state index contributed by atoms with van der Waals surface area (Å²) >= 11 is 0. The predicted octanol–water partition coefficient (Wildman–Crippen LogP) is 4.10. The third-order valence-corrected chi connectivity index (χ3v) is 1.96. The summed E-state index contributed by atoms with van der Waals surface area (Å²) < 4.78 is 5.56. The van der Waals surface area contributed by atoms with Crippen LogP contribution in [-0.4, -0.2) is 4.98 Å². The van der Waals surface area contributed by atoms with E-state index in [-0.39, 0.29) is 0 Å². The van der Waals surface area contributed by atoms with Crippen LogP contribution in [0.3, 0.4) is 0 Å². The lowest BCUT2D eigenvalue weighted by atomic mass is 10.2. The number of nitrogens with two attached hydrogens (primary N) is 1. The molecular formula is C15H22N2O. The average molecular weight is 246 g/mol. The van der Waals surface area contributed by atoms with Crippen LogP contribution in [-0.2, 0) is 0 Å². The van der Waals surface area contributed by atoms with E-state index in [0.29, 0.717) is 11.6 Å². The molecule has 0 fully saturated rings. The topological polar surface area (TPSA) is 48.1 Å². The fraction of sp³-hybridized carbons (Fsp3) is 0.267. The number of rotatable bonds is 4. The molecule has 0 aliphatic heterocycles. The van der Waals surface area contributed by atoms with Gasteiger partial charge in [-0.3, -0.25) is 0 Å². The van der Waals surface area contributed by atoms with E-state index in [9.17, 15) is 0 Å². The Morgan fingerprint density at radius 1 is 1.44 bits per heavy atom. The Labute approximate surface area is 110 Å². The van der Waals surface area contributed by atoms with E-state index < -0.39 is 0 Å². The molecule has 1 aromatic rings. The van der Waals surface area contributed by atoms with Gasteiger partial charge in [-0.1, -0.05) is 26.5 Å². The largest absolute Gasteiger partial charge is 0.439 e. The van der Waals surface area contributed by atoms with Crippen LogP contribution >= 0.6 is 0 Å². The van der Waals surface area contributed by atoms with E-state index in [1.54, 1.807) is 24.4 Å². The summed E-state index contributed by atoms with van der Waals surface area (Å²) in [6.07, 6.45) is 7.12. The molecule has 0 aliphatic rings. The molecule has 0 saturated heterocycles. The Morgan fingerprint density at radius 3 is 2.61 bits per heavy atom. The lowest BCUT2D eigenvalue weighted by Crippen LogP contribution is -1.96. The Morgan fingerprint density at radius 2 is 2.11 bits per heavy atom. The van der Waals surface area contributed by atoms with Crippen LogP contribution in [0.2, 0.25) is 0 Å². The third-order valence-electron chi connectivity index (χ3n) is 1.96. The lowest BCUT2D eigenvalue weighted by molar-refractivity contribution is 0.425. The fourth-order valence-corrected chi connectivity index (χ4v) is 1.06. The van der Waals surface area contributed by atoms with Crippen molar-refractivity contribution < 1.29 is 4.74 Å². The minimum absolute atomic E-state index is 0.487. The lowest BCUT2D eigenvalue weighted by Gasteiger charge is -2.06. The highest BCUT2D eigenvalue weighted by Crippen LogP contribution is 2.15. The number of nitrogens with zero attached hydrogens (tertiary/aromatic N) is 1. The van der Waals surface area contributed by atoms with Crippen LogP contribution in [0.1, 0.15) is 27.7 Å². The first-order valence-electron chi connectivity index (χ1n) is 6.02. The van der Waals surface area contributed by atoms with Gasteiger partial charge in [0, 0.05) is 18.0 Å². The van der Waals surface area contributed by atoms with Crippen molar-refractivity contribution in [3.8, 4) is 5.88 Å². The zero-order chi connectivity index (χ0) is 14.0. The smallest absolute Gasteiger partial charge is 0.221 e. The normalized spacial score (nSPS) is 11.3. The van der Waals surface area contributed by atoms with Crippen molar-refractivity contribution in [1.82, 2.24) is 4.98 Å². The minimum atomic E-state index is 0.487. The van der Waals surface area contributed by atoms with E-state index in [1.807, 2.05) is 39.8 Å². The van der Waals surface area contributed by atoms with Gasteiger partial charge in [0.2, 0.25) is 5.88 Å². The molecule has 0 spiro atoms. The van der Waals surface area contributed by atoms with Gasteiger partial charge in [0.15, 0.2) is 0 Å². The van der Waals surface area contributed by atoms with Gasteiger partial charge in [-0.2, -0.15) is 0 Å². The van der Waals surface area contributed by atoms with Crippen molar-refractivity contribution in [3.05, 3.63) is 54.5 Å². The van der Waals surface area contributed by atoms with Crippen LogP contribution < -0.4 is 10.5 Å². The summed E-state index contributed by atoms with van der Waals surface area (Å²) in [5.41, 5.74) is 7.29. The molecular weight excluding hydrogens is 224 g/mol. The first-order chi connectivity index (χ1) is 8.65. The van der Waals surface area contributed by atoms with E-state index in [1.165, 1.54) is 0 Å². The van der Waals surface area contributed by atoms with Crippen LogP contribution in [0, 0.1) is 0 Å². The average Bonchev–Trinajstić information content (AvgIpc) is 2.40. The molecule has 3 heteroatoms. The van der Waals surface area contributed by atoms with E-state index in [2.05, 4.69) is 11.6 Å². The summed E-state index contributed by atoms with van der Waals surface area (Å²) in [5, 5.41) is 0. The minimum Gasteiger partial charge on any atom is -0.439 e. The maximum atomic E-state index is 5.63. The Bertz CT molecular complexity index is 434. The van der Waals surface area contributed by atoms with Gasteiger partial charge in [0.1, 0.15) is 5.76 Å². The number of hydrogen-bond donors (Lipinski definition) is 1. The van der Waals surface area contributed by atoms with Gasteiger partial charge < -0.3 is 10.5 Å². The number of hydrogen-bond acceptors (Lipinski definition) is 3. The number of allylic oxidation sites excluding steroid dienone is 4. The molecule has 3 nitrogen and oxygen atoms in total. The molecule has 0 saturated carbocycles. The SMILES string of the molecule is C=C/C(C)=C\C(=C/C)Oc1cc(N)ccn1.CC. The quantitative estimate of drug-likeness (QED) is 0.642. The molecule has 1 rings (SSSR count). The monoisotopic (exact) mass is 246 g/mol.